The fourth-order valence-corrected chi connectivity index (χ4v) is 6.61. The van der Waals surface area contributed by atoms with Crippen LogP contribution in [0.5, 0.6) is 0 Å². The average Bonchev–Trinajstić information content (AvgIpc) is 3.44. The van der Waals surface area contributed by atoms with Crippen LogP contribution in [0.3, 0.4) is 0 Å². The van der Waals surface area contributed by atoms with Crippen molar-refractivity contribution in [1.82, 2.24) is 14.5 Å². The van der Waals surface area contributed by atoms with E-state index in [1.165, 1.54) is 32.2 Å². The zero-order chi connectivity index (χ0) is 24.1. The van der Waals surface area contributed by atoms with Crippen molar-refractivity contribution < 1.29 is 18.5 Å². The molecule has 9 heteroatoms. The zero-order valence-corrected chi connectivity index (χ0v) is 22.4. The molecule has 33 heavy (non-hydrogen) atoms. The molecule has 0 saturated carbocycles. The maximum Gasteiger partial charge on any atom is 0.106 e. The molecular weight excluding hydrogens is 440 g/mol. The van der Waals surface area contributed by atoms with Gasteiger partial charge in [0.2, 0.25) is 0 Å². The summed E-state index contributed by atoms with van der Waals surface area (Å²) in [5.74, 6) is 0. The van der Waals surface area contributed by atoms with Crippen molar-refractivity contribution >= 4 is 16.7 Å². The molecule has 0 aliphatic carbocycles. The van der Waals surface area contributed by atoms with Crippen molar-refractivity contribution in [3.63, 3.8) is 0 Å². The van der Waals surface area contributed by atoms with Gasteiger partial charge < -0.3 is 14.3 Å². The van der Waals surface area contributed by atoms with Gasteiger partial charge in [0.05, 0.1) is 47.7 Å². The van der Waals surface area contributed by atoms with E-state index in [9.17, 15) is 4.21 Å². The van der Waals surface area contributed by atoms with E-state index in [0.717, 1.165) is 51.4 Å². The molecule has 0 bridgehead atoms. The summed E-state index contributed by atoms with van der Waals surface area (Å²) in [6.45, 7) is 14.3. The molecule has 192 valence electrons. The Morgan fingerprint density at radius 2 is 1.67 bits per heavy atom. The molecule has 0 aromatic heterocycles. The Hall–Kier alpha value is -0.580. The van der Waals surface area contributed by atoms with E-state index in [4.69, 9.17) is 14.3 Å². The number of rotatable bonds is 9. The predicted molar refractivity (Wildman–Crippen MR) is 134 cm³/mol. The minimum absolute atomic E-state index is 0.210. The Balaban J connectivity index is 0.000000186. The second kappa shape index (κ2) is 11.9. The molecule has 0 radical (unpaired) electrons. The molecule has 0 aromatic carbocycles. The molecule has 4 rings (SSSR count). The van der Waals surface area contributed by atoms with E-state index in [1.54, 1.807) is 13.4 Å². The SMILES string of the molecule is CC(C)OCC12CCCN1CC(NS(C)=O)C2.CO/N=C1\CN2CCCC2(COC(C)C)C1. The number of fused-ring (bicyclic) bond motifs is 2. The first-order valence-electron chi connectivity index (χ1n) is 12.6. The van der Waals surface area contributed by atoms with Crippen LogP contribution in [0.15, 0.2) is 5.16 Å². The summed E-state index contributed by atoms with van der Waals surface area (Å²) >= 11 is 0. The summed E-state index contributed by atoms with van der Waals surface area (Å²) in [5, 5.41) is 4.10. The molecule has 4 heterocycles. The van der Waals surface area contributed by atoms with Gasteiger partial charge in [-0.25, -0.2) is 8.93 Å². The van der Waals surface area contributed by atoms with Crippen molar-refractivity contribution in [1.29, 1.82) is 0 Å². The first-order chi connectivity index (χ1) is 15.7. The molecule has 0 amide bonds. The van der Waals surface area contributed by atoms with Crippen LogP contribution in [-0.2, 0) is 25.3 Å². The molecular formula is C24H46N4O4S. The third-order valence-corrected chi connectivity index (χ3v) is 8.04. The predicted octanol–water partition coefficient (Wildman–Crippen LogP) is 2.55. The summed E-state index contributed by atoms with van der Waals surface area (Å²) in [5.41, 5.74) is 1.58. The highest BCUT2D eigenvalue weighted by molar-refractivity contribution is 7.82. The smallest absolute Gasteiger partial charge is 0.106 e. The van der Waals surface area contributed by atoms with Gasteiger partial charge in [0, 0.05) is 37.3 Å². The first kappa shape index (κ1) is 27.0. The third-order valence-electron chi connectivity index (χ3n) is 7.38. The van der Waals surface area contributed by atoms with Gasteiger partial charge in [0.15, 0.2) is 0 Å². The van der Waals surface area contributed by atoms with Crippen LogP contribution in [0, 0.1) is 0 Å². The second-order valence-corrected chi connectivity index (χ2v) is 11.9. The number of nitrogens with zero attached hydrogens (tertiary/aromatic N) is 3. The van der Waals surface area contributed by atoms with Crippen LogP contribution in [0.4, 0.5) is 0 Å². The molecule has 4 aliphatic heterocycles. The second-order valence-electron chi connectivity index (χ2n) is 10.7. The van der Waals surface area contributed by atoms with Crippen molar-refractivity contribution in [2.75, 3.05) is 52.8 Å². The molecule has 4 atom stereocenters. The standard InChI is InChI=1S/C12H24N2O2S.C12H22N2O2/c1-10(2)16-9-12-5-4-6-14(12)8-11(7-12)13-17(3)15;1-10(2)16-9-12-5-4-6-14(12)8-11(7-12)13-15-3/h10-11,13H,4-9H2,1-3H3;10H,4-9H2,1-3H3/b;13-11-. The molecule has 0 aromatic rings. The Morgan fingerprint density at radius 3 is 2.27 bits per heavy atom. The highest BCUT2D eigenvalue weighted by Crippen LogP contribution is 2.40. The molecule has 4 fully saturated rings. The van der Waals surface area contributed by atoms with Crippen LogP contribution >= 0.6 is 0 Å². The lowest BCUT2D eigenvalue weighted by molar-refractivity contribution is 0.00302. The van der Waals surface area contributed by atoms with E-state index in [1.807, 2.05) is 0 Å². The minimum atomic E-state index is -0.912. The van der Waals surface area contributed by atoms with Crippen LogP contribution in [0.2, 0.25) is 0 Å². The Morgan fingerprint density at radius 1 is 1.06 bits per heavy atom. The Bertz CT molecular complexity index is 691. The van der Waals surface area contributed by atoms with Gasteiger partial charge in [0.1, 0.15) is 7.11 Å². The molecule has 4 aliphatic rings. The fourth-order valence-electron chi connectivity index (χ4n) is 5.98. The van der Waals surface area contributed by atoms with Crippen molar-refractivity contribution in [3.05, 3.63) is 0 Å². The molecule has 1 N–H and O–H groups in total. The minimum Gasteiger partial charge on any atom is -0.399 e. The lowest BCUT2D eigenvalue weighted by Crippen LogP contribution is -2.43. The van der Waals surface area contributed by atoms with Crippen LogP contribution in [0.1, 0.15) is 66.2 Å². The van der Waals surface area contributed by atoms with E-state index in [2.05, 4.69) is 47.4 Å². The largest absolute Gasteiger partial charge is 0.399 e. The third kappa shape index (κ3) is 6.98. The van der Waals surface area contributed by atoms with Crippen molar-refractivity contribution in [2.24, 2.45) is 5.16 Å². The van der Waals surface area contributed by atoms with Gasteiger partial charge >= 0.3 is 0 Å². The fraction of sp³-hybridized carbons (Fsp3) is 0.958. The molecule has 8 nitrogen and oxygen atoms in total. The number of nitrogens with one attached hydrogen (secondary N) is 1. The lowest BCUT2D eigenvalue weighted by atomic mass is 9.94. The van der Waals surface area contributed by atoms with Gasteiger partial charge in [0.25, 0.3) is 0 Å². The zero-order valence-electron chi connectivity index (χ0n) is 21.6. The molecule has 4 saturated heterocycles. The lowest BCUT2D eigenvalue weighted by Gasteiger charge is -2.32. The Labute approximate surface area is 203 Å². The quantitative estimate of drug-likeness (QED) is 0.505. The van der Waals surface area contributed by atoms with E-state index < -0.39 is 11.0 Å². The van der Waals surface area contributed by atoms with Gasteiger partial charge in [-0.05, 0) is 72.9 Å². The van der Waals surface area contributed by atoms with E-state index >= 15 is 0 Å². The molecule has 0 spiro atoms. The summed E-state index contributed by atoms with van der Waals surface area (Å²) < 4.78 is 26.1. The van der Waals surface area contributed by atoms with Gasteiger partial charge in [-0.15, -0.1) is 0 Å². The highest BCUT2D eigenvalue weighted by atomic mass is 32.2. The van der Waals surface area contributed by atoms with Gasteiger partial charge in [-0.2, -0.15) is 0 Å². The Kier molecular flexibility index (Phi) is 9.75. The maximum absolute atomic E-state index is 11.2. The monoisotopic (exact) mass is 486 g/mol. The average molecular weight is 487 g/mol. The number of ether oxygens (including phenoxy) is 2. The van der Waals surface area contributed by atoms with Crippen molar-refractivity contribution in [2.45, 2.75) is 95.5 Å². The number of hydrogen-bond donors (Lipinski definition) is 1. The van der Waals surface area contributed by atoms with Crippen LogP contribution in [-0.4, -0.2) is 102 Å². The number of oxime groups is 1. The number of hydrogen-bond acceptors (Lipinski definition) is 7. The molecule has 4 unspecified atom stereocenters. The summed E-state index contributed by atoms with van der Waals surface area (Å²) in [6.07, 6.45) is 9.37. The first-order valence-corrected chi connectivity index (χ1v) is 14.2. The highest BCUT2D eigenvalue weighted by Gasteiger charge is 2.49. The normalized spacial score (nSPS) is 34.1. The maximum atomic E-state index is 11.2. The van der Waals surface area contributed by atoms with Gasteiger partial charge in [-0.3, -0.25) is 9.80 Å². The van der Waals surface area contributed by atoms with Crippen LogP contribution in [0.25, 0.3) is 0 Å². The topological polar surface area (TPSA) is 75.6 Å². The van der Waals surface area contributed by atoms with Gasteiger partial charge in [-0.1, -0.05) is 5.16 Å². The summed E-state index contributed by atoms with van der Waals surface area (Å²) in [6, 6.07) is 0.358. The van der Waals surface area contributed by atoms with E-state index in [0.29, 0.717) is 18.2 Å². The summed E-state index contributed by atoms with van der Waals surface area (Å²) in [4.78, 5) is 9.92. The van der Waals surface area contributed by atoms with Crippen LogP contribution < -0.4 is 4.72 Å². The summed E-state index contributed by atoms with van der Waals surface area (Å²) in [7, 11) is 0.707. The van der Waals surface area contributed by atoms with E-state index in [-0.39, 0.29) is 11.1 Å². The van der Waals surface area contributed by atoms with Crippen molar-refractivity contribution in [3.8, 4) is 0 Å².